The van der Waals surface area contributed by atoms with Crippen LogP contribution in [-0.4, -0.2) is 17.2 Å². The Kier molecular flexibility index (Phi) is 5.42. The molecule has 0 aliphatic heterocycles. The van der Waals surface area contributed by atoms with E-state index in [1.807, 2.05) is 37.3 Å². The average molecular weight is 299 g/mol. The Labute approximate surface area is 130 Å². The predicted molar refractivity (Wildman–Crippen MR) is 85.7 cm³/mol. The van der Waals surface area contributed by atoms with Crippen molar-refractivity contribution in [3.63, 3.8) is 0 Å². The normalized spacial score (nSPS) is 13.2. The lowest BCUT2D eigenvalue weighted by molar-refractivity contribution is 0.135. The van der Waals surface area contributed by atoms with Gasteiger partial charge in [-0.1, -0.05) is 49.4 Å². The van der Waals surface area contributed by atoms with E-state index < -0.39 is 6.09 Å². The lowest BCUT2D eigenvalue weighted by Gasteiger charge is -2.21. The van der Waals surface area contributed by atoms with E-state index in [0.29, 0.717) is 0 Å². The number of phenols is 1. The van der Waals surface area contributed by atoms with Crippen LogP contribution in [-0.2, 0) is 11.3 Å². The Morgan fingerprint density at radius 2 is 1.73 bits per heavy atom. The third-order valence-corrected chi connectivity index (χ3v) is 3.73. The van der Waals surface area contributed by atoms with Crippen LogP contribution in [0.4, 0.5) is 4.79 Å². The van der Waals surface area contributed by atoms with Crippen molar-refractivity contribution in [2.24, 2.45) is 0 Å². The molecule has 0 spiro atoms. The zero-order chi connectivity index (χ0) is 15.9. The summed E-state index contributed by atoms with van der Waals surface area (Å²) in [6.07, 6.45) is -0.441. The number of nitrogens with one attached hydrogen (secondary N) is 1. The molecule has 4 heteroatoms. The molecule has 0 fully saturated rings. The number of benzene rings is 2. The molecule has 0 aromatic heterocycles. The third-order valence-electron chi connectivity index (χ3n) is 3.73. The largest absolute Gasteiger partial charge is 0.508 e. The highest BCUT2D eigenvalue weighted by atomic mass is 16.5. The molecule has 2 aromatic rings. The van der Waals surface area contributed by atoms with Crippen molar-refractivity contribution >= 4 is 6.09 Å². The fraction of sp³-hybridized carbons (Fsp3) is 0.278. The summed E-state index contributed by atoms with van der Waals surface area (Å²) in [5, 5.41) is 12.1. The lowest BCUT2D eigenvalue weighted by atomic mass is 9.95. The predicted octanol–water partition coefficient (Wildman–Crippen LogP) is 3.81. The first-order chi connectivity index (χ1) is 10.6. The maximum absolute atomic E-state index is 11.8. The highest BCUT2D eigenvalue weighted by molar-refractivity contribution is 5.67. The van der Waals surface area contributed by atoms with Gasteiger partial charge >= 0.3 is 6.09 Å². The number of hydrogen-bond acceptors (Lipinski definition) is 3. The SMILES string of the molecule is CC(NC(=O)OCc1ccc(O)cc1)C(C)c1ccccc1. The van der Waals surface area contributed by atoms with E-state index in [0.717, 1.165) is 5.56 Å². The Morgan fingerprint density at radius 1 is 1.09 bits per heavy atom. The van der Waals surface area contributed by atoms with Crippen LogP contribution >= 0.6 is 0 Å². The minimum atomic E-state index is -0.441. The summed E-state index contributed by atoms with van der Waals surface area (Å²) in [5.41, 5.74) is 2.01. The van der Waals surface area contributed by atoms with Gasteiger partial charge in [0.2, 0.25) is 0 Å². The van der Waals surface area contributed by atoms with E-state index in [1.54, 1.807) is 24.3 Å². The first-order valence-corrected chi connectivity index (χ1v) is 7.32. The molecule has 0 bridgehead atoms. The molecule has 0 heterocycles. The fourth-order valence-corrected chi connectivity index (χ4v) is 2.14. The molecule has 1 amide bonds. The number of rotatable bonds is 5. The van der Waals surface area contributed by atoms with Crippen LogP contribution in [0, 0.1) is 0 Å². The van der Waals surface area contributed by atoms with E-state index in [2.05, 4.69) is 12.2 Å². The number of carbonyl (C=O) groups excluding carboxylic acids is 1. The number of amides is 1. The maximum atomic E-state index is 11.8. The minimum Gasteiger partial charge on any atom is -0.508 e. The van der Waals surface area contributed by atoms with Crippen molar-refractivity contribution < 1.29 is 14.6 Å². The van der Waals surface area contributed by atoms with Gasteiger partial charge in [-0.2, -0.15) is 0 Å². The molecule has 0 aliphatic carbocycles. The number of ether oxygens (including phenoxy) is 1. The van der Waals surface area contributed by atoms with Crippen LogP contribution in [0.5, 0.6) is 5.75 Å². The molecular formula is C18H21NO3. The zero-order valence-corrected chi connectivity index (χ0v) is 12.8. The molecule has 2 unspecified atom stereocenters. The standard InChI is InChI=1S/C18H21NO3/c1-13(16-6-4-3-5-7-16)14(2)19-18(21)22-12-15-8-10-17(20)11-9-15/h3-11,13-14,20H,12H2,1-2H3,(H,19,21). The number of aromatic hydroxyl groups is 1. The summed E-state index contributed by atoms with van der Waals surface area (Å²) in [4.78, 5) is 11.8. The summed E-state index contributed by atoms with van der Waals surface area (Å²) in [5.74, 6) is 0.390. The van der Waals surface area contributed by atoms with Gasteiger partial charge < -0.3 is 15.2 Å². The Balaban J connectivity index is 1.82. The van der Waals surface area contributed by atoms with E-state index in [1.165, 1.54) is 5.56 Å². The van der Waals surface area contributed by atoms with Gasteiger partial charge in [0.25, 0.3) is 0 Å². The lowest BCUT2D eigenvalue weighted by Crippen LogP contribution is -2.36. The molecule has 2 rings (SSSR count). The highest BCUT2D eigenvalue weighted by Gasteiger charge is 2.17. The van der Waals surface area contributed by atoms with Gasteiger partial charge in [0, 0.05) is 12.0 Å². The molecular weight excluding hydrogens is 278 g/mol. The second-order valence-corrected chi connectivity index (χ2v) is 5.37. The number of phenolic OH excluding ortho intramolecular Hbond substituents is 1. The summed E-state index contributed by atoms with van der Waals surface area (Å²) in [6.45, 7) is 4.21. The van der Waals surface area contributed by atoms with Gasteiger partial charge in [0.15, 0.2) is 0 Å². The molecule has 2 atom stereocenters. The van der Waals surface area contributed by atoms with Crippen molar-refractivity contribution in [1.82, 2.24) is 5.32 Å². The number of hydrogen-bond donors (Lipinski definition) is 2. The van der Waals surface area contributed by atoms with Crippen molar-refractivity contribution in [2.75, 3.05) is 0 Å². The van der Waals surface area contributed by atoms with E-state index in [4.69, 9.17) is 4.74 Å². The van der Waals surface area contributed by atoms with Crippen LogP contribution in [0.25, 0.3) is 0 Å². The quantitative estimate of drug-likeness (QED) is 0.882. The molecule has 4 nitrogen and oxygen atoms in total. The molecule has 0 saturated carbocycles. The summed E-state index contributed by atoms with van der Waals surface area (Å²) < 4.78 is 5.19. The molecule has 0 aliphatic rings. The van der Waals surface area contributed by atoms with E-state index in [-0.39, 0.29) is 24.3 Å². The summed E-state index contributed by atoms with van der Waals surface area (Å²) in [6, 6.07) is 16.6. The van der Waals surface area contributed by atoms with Gasteiger partial charge in [-0.25, -0.2) is 4.79 Å². The molecule has 116 valence electrons. The first kappa shape index (κ1) is 15.9. The van der Waals surface area contributed by atoms with E-state index in [9.17, 15) is 9.90 Å². The maximum Gasteiger partial charge on any atom is 0.407 e. The van der Waals surface area contributed by atoms with Crippen molar-refractivity contribution in [3.05, 3.63) is 65.7 Å². The van der Waals surface area contributed by atoms with Crippen LogP contribution < -0.4 is 5.32 Å². The topological polar surface area (TPSA) is 58.6 Å². The Hall–Kier alpha value is -2.49. The second kappa shape index (κ2) is 7.50. The van der Waals surface area contributed by atoms with Crippen LogP contribution in [0.15, 0.2) is 54.6 Å². The fourth-order valence-electron chi connectivity index (χ4n) is 2.14. The molecule has 22 heavy (non-hydrogen) atoms. The van der Waals surface area contributed by atoms with Gasteiger partial charge in [-0.15, -0.1) is 0 Å². The molecule has 2 N–H and O–H groups in total. The van der Waals surface area contributed by atoms with Gasteiger partial charge in [-0.3, -0.25) is 0 Å². The highest BCUT2D eigenvalue weighted by Crippen LogP contribution is 2.18. The van der Waals surface area contributed by atoms with E-state index >= 15 is 0 Å². The minimum absolute atomic E-state index is 0.0327. The van der Waals surface area contributed by atoms with Gasteiger partial charge in [-0.05, 0) is 30.2 Å². The Bertz CT molecular complexity index is 595. The van der Waals surface area contributed by atoms with Crippen molar-refractivity contribution in [1.29, 1.82) is 0 Å². The van der Waals surface area contributed by atoms with Gasteiger partial charge in [0.1, 0.15) is 12.4 Å². The second-order valence-electron chi connectivity index (χ2n) is 5.37. The van der Waals surface area contributed by atoms with Gasteiger partial charge in [0.05, 0.1) is 0 Å². The summed E-state index contributed by atoms with van der Waals surface area (Å²) in [7, 11) is 0. The monoisotopic (exact) mass is 299 g/mol. The Morgan fingerprint density at radius 3 is 2.36 bits per heavy atom. The average Bonchev–Trinajstić information content (AvgIpc) is 2.54. The third kappa shape index (κ3) is 4.52. The number of alkyl carbamates (subject to hydrolysis) is 1. The molecule has 2 aromatic carbocycles. The number of carbonyl (C=O) groups is 1. The smallest absolute Gasteiger partial charge is 0.407 e. The molecule has 0 radical (unpaired) electrons. The van der Waals surface area contributed by atoms with Crippen LogP contribution in [0.1, 0.15) is 30.9 Å². The van der Waals surface area contributed by atoms with Crippen LogP contribution in [0.2, 0.25) is 0 Å². The van der Waals surface area contributed by atoms with Crippen molar-refractivity contribution in [3.8, 4) is 5.75 Å². The molecule has 0 saturated heterocycles. The first-order valence-electron chi connectivity index (χ1n) is 7.32. The zero-order valence-electron chi connectivity index (χ0n) is 12.8. The summed E-state index contributed by atoms with van der Waals surface area (Å²) >= 11 is 0. The van der Waals surface area contributed by atoms with Crippen LogP contribution in [0.3, 0.4) is 0 Å². The van der Waals surface area contributed by atoms with Crippen molar-refractivity contribution in [2.45, 2.75) is 32.4 Å².